The van der Waals surface area contributed by atoms with E-state index >= 15 is 0 Å². The van der Waals surface area contributed by atoms with Gasteiger partial charge < -0.3 is 19.8 Å². The lowest BCUT2D eigenvalue weighted by Gasteiger charge is -2.51. The zero-order valence-corrected chi connectivity index (χ0v) is 14.1. The molecule has 2 aliphatic heterocycles. The lowest BCUT2D eigenvalue weighted by molar-refractivity contribution is -0.244. The first-order chi connectivity index (χ1) is 11.3. The van der Waals surface area contributed by atoms with Gasteiger partial charge in [-0.2, -0.15) is 0 Å². The summed E-state index contributed by atoms with van der Waals surface area (Å²) in [6.07, 6.45) is 0.364. The molecule has 0 aliphatic carbocycles. The third kappa shape index (κ3) is 2.94. The highest BCUT2D eigenvalue weighted by atomic mass is 19.1. The molecule has 6 heteroatoms. The minimum absolute atomic E-state index is 0.139. The van der Waals surface area contributed by atoms with Crippen molar-refractivity contribution in [2.45, 2.75) is 50.4 Å². The number of nitrogens with zero attached hydrogens (tertiary/aromatic N) is 1. The molecule has 2 atom stereocenters. The van der Waals surface area contributed by atoms with Crippen molar-refractivity contribution in [2.75, 3.05) is 19.7 Å². The minimum atomic E-state index is -1.17. The van der Waals surface area contributed by atoms with Crippen LogP contribution >= 0.6 is 0 Å². The topological polar surface area (TPSA) is 70.0 Å². The summed E-state index contributed by atoms with van der Waals surface area (Å²) in [6, 6.07) is 4.15. The van der Waals surface area contributed by atoms with Crippen LogP contribution in [0.3, 0.4) is 0 Å². The Kier molecular flexibility index (Phi) is 4.40. The molecule has 2 N–H and O–H groups in total. The van der Waals surface area contributed by atoms with Gasteiger partial charge in [0.05, 0.1) is 12.2 Å². The van der Waals surface area contributed by atoms with Crippen LogP contribution in [0.2, 0.25) is 0 Å². The Labute approximate surface area is 141 Å². The summed E-state index contributed by atoms with van der Waals surface area (Å²) < 4.78 is 19.0. The summed E-state index contributed by atoms with van der Waals surface area (Å²) in [7, 11) is 0. The molecule has 5 nitrogen and oxygen atoms in total. The molecule has 1 spiro atoms. The van der Waals surface area contributed by atoms with Gasteiger partial charge in [0.15, 0.2) is 0 Å². The highest BCUT2D eigenvalue weighted by Crippen LogP contribution is 2.40. The number of piperidine rings is 1. The number of aliphatic hydroxyl groups excluding tert-OH is 1. The second kappa shape index (κ2) is 6.10. The number of ether oxygens (including phenoxy) is 1. The molecule has 132 valence electrons. The number of carbonyl (C=O) groups is 1. The van der Waals surface area contributed by atoms with Crippen molar-refractivity contribution in [1.82, 2.24) is 4.90 Å². The fraction of sp³-hybridized carbons (Fsp3) is 0.611. The van der Waals surface area contributed by atoms with Crippen LogP contribution in [-0.4, -0.2) is 58.0 Å². The first-order valence-electron chi connectivity index (χ1n) is 8.35. The van der Waals surface area contributed by atoms with Crippen LogP contribution in [0.25, 0.3) is 0 Å². The van der Waals surface area contributed by atoms with Crippen molar-refractivity contribution in [2.24, 2.45) is 0 Å². The molecule has 2 fully saturated rings. The number of aliphatic hydroxyl groups is 2. The van der Waals surface area contributed by atoms with Crippen LogP contribution in [-0.2, 0) is 4.74 Å². The molecule has 0 unspecified atom stereocenters. The van der Waals surface area contributed by atoms with E-state index in [1.807, 2.05) is 0 Å². The first kappa shape index (κ1) is 17.3. The standard InChI is InChI=1S/C18H24FNO4/c1-12-11-13(19)3-4-14(12)15(21)20-8-5-18(6-9-20)16(22)17(2,23)7-10-24-18/h3-4,11,16,22-23H,5-10H2,1-2H3/t16-,17+/m0/s1. The Balaban J connectivity index is 1.72. The molecular formula is C18H24FNO4. The molecule has 1 aromatic rings. The highest BCUT2D eigenvalue weighted by Gasteiger charge is 2.52. The fourth-order valence-electron chi connectivity index (χ4n) is 3.79. The van der Waals surface area contributed by atoms with Crippen molar-refractivity contribution in [1.29, 1.82) is 0 Å². The van der Waals surface area contributed by atoms with Gasteiger partial charge in [0, 0.05) is 25.1 Å². The second-order valence-corrected chi connectivity index (χ2v) is 7.17. The Morgan fingerprint density at radius 3 is 2.62 bits per heavy atom. The number of aryl methyl sites for hydroxylation is 1. The molecule has 0 bridgehead atoms. The maximum Gasteiger partial charge on any atom is 0.254 e. The van der Waals surface area contributed by atoms with E-state index in [0.29, 0.717) is 50.1 Å². The predicted octanol–water partition coefficient (Wildman–Crippen LogP) is 1.64. The van der Waals surface area contributed by atoms with Crippen LogP contribution < -0.4 is 0 Å². The number of carbonyl (C=O) groups excluding carboxylic acids is 1. The van der Waals surface area contributed by atoms with Gasteiger partial charge in [0.25, 0.3) is 5.91 Å². The summed E-state index contributed by atoms with van der Waals surface area (Å²) >= 11 is 0. The minimum Gasteiger partial charge on any atom is -0.387 e. The van der Waals surface area contributed by atoms with E-state index in [0.717, 1.165) is 0 Å². The smallest absolute Gasteiger partial charge is 0.254 e. The number of halogens is 1. The predicted molar refractivity (Wildman–Crippen MR) is 86.2 cm³/mol. The van der Waals surface area contributed by atoms with E-state index in [9.17, 15) is 19.4 Å². The Hall–Kier alpha value is -1.50. The highest BCUT2D eigenvalue weighted by molar-refractivity contribution is 5.95. The van der Waals surface area contributed by atoms with E-state index in [4.69, 9.17) is 4.74 Å². The van der Waals surface area contributed by atoms with E-state index in [1.165, 1.54) is 18.2 Å². The van der Waals surface area contributed by atoms with E-state index in [1.54, 1.807) is 18.7 Å². The van der Waals surface area contributed by atoms with Gasteiger partial charge in [-0.1, -0.05) is 0 Å². The molecule has 24 heavy (non-hydrogen) atoms. The van der Waals surface area contributed by atoms with Gasteiger partial charge in [-0.3, -0.25) is 4.79 Å². The van der Waals surface area contributed by atoms with Crippen LogP contribution in [0.1, 0.15) is 42.1 Å². The van der Waals surface area contributed by atoms with Crippen molar-refractivity contribution in [3.63, 3.8) is 0 Å². The summed E-state index contributed by atoms with van der Waals surface area (Å²) in [5.41, 5.74) is -0.865. The number of hydrogen-bond acceptors (Lipinski definition) is 4. The molecule has 2 heterocycles. The van der Waals surface area contributed by atoms with E-state index < -0.39 is 17.3 Å². The molecule has 3 rings (SSSR count). The van der Waals surface area contributed by atoms with E-state index in [2.05, 4.69) is 0 Å². The molecule has 1 aromatic carbocycles. The number of hydrogen-bond donors (Lipinski definition) is 2. The lowest BCUT2D eigenvalue weighted by atomic mass is 9.75. The summed E-state index contributed by atoms with van der Waals surface area (Å²) in [6.45, 7) is 4.61. The molecular weight excluding hydrogens is 313 g/mol. The van der Waals surface area contributed by atoms with Crippen molar-refractivity contribution in [3.8, 4) is 0 Å². The number of amides is 1. The van der Waals surface area contributed by atoms with Gasteiger partial charge in [0.1, 0.15) is 17.5 Å². The summed E-state index contributed by atoms with van der Waals surface area (Å²) in [5.74, 6) is -0.498. The van der Waals surface area contributed by atoms with Gasteiger partial charge in [-0.05, 0) is 50.5 Å². The summed E-state index contributed by atoms with van der Waals surface area (Å²) in [4.78, 5) is 14.4. The van der Waals surface area contributed by atoms with Gasteiger partial charge in [-0.25, -0.2) is 4.39 Å². The first-order valence-corrected chi connectivity index (χ1v) is 8.35. The van der Waals surface area contributed by atoms with Gasteiger partial charge in [0.2, 0.25) is 0 Å². The second-order valence-electron chi connectivity index (χ2n) is 7.17. The Morgan fingerprint density at radius 1 is 1.33 bits per heavy atom. The maximum atomic E-state index is 13.2. The lowest BCUT2D eigenvalue weighted by Crippen LogP contribution is -2.64. The van der Waals surface area contributed by atoms with Crippen LogP contribution in [0.15, 0.2) is 18.2 Å². The van der Waals surface area contributed by atoms with Crippen molar-refractivity contribution >= 4 is 5.91 Å². The Bertz CT molecular complexity index is 638. The molecule has 0 radical (unpaired) electrons. The van der Waals surface area contributed by atoms with Crippen LogP contribution in [0.5, 0.6) is 0 Å². The average molecular weight is 337 g/mol. The molecule has 2 aliphatic rings. The monoisotopic (exact) mass is 337 g/mol. The molecule has 0 aromatic heterocycles. The van der Waals surface area contributed by atoms with Crippen molar-refractivity contribution in [3.05, 3.63) is 35.1 Å². The number of benzene rings is 1. The maximum absolute atomic E-state index is 13.2. The van der Waals surface area contributed by atoms with Gasteiger partial charge >= 0.3 is 0 Å². The molecule has 2 saturated heterocycles. The molecule has 0 saturated carbocycles. The number of likely N-dealkylation sites (tertiary alicyclic amines) is 1. The summed E-state index contributed by atoms with van der Waals surface area (Å²) in [5, 5.41) is 20.8. The normalized spacial score (nSPS) is 29.7. The zero-order chi connectivity index (χ0) is 17.5. The Morgan fingerprint density at radius 2 is 2.00 bits per heavy atom. The van der Waals surface area contributed by atoms with Crippen LogP contribution in [0, 0.1) is 12.7 Å². The van der Waals surface area contributed by atoms with E-state index in [-0.39, 0.29) is 11.7 Å². The van der Waals surface area contributed by atoms with Crippen LogP contribution in [0.4, 0.5) is 4.39 Å². The van der Waals surface area contributed by atoms with Crippen molar-refractivity contribution < 1.29 is 24.1 Å². The molecule has 1 amide bonds. The van der Waals surface area contributed by atoms with Gasteiger partial charge in [-0.15, -0.1) is 0 Å². The third-order valence-electron chi connectivity index (χ3n) is 5.40. The SMILES string of the molecule is Cc1cc(F)ccc1C(=O)N1CCC2(CC1)OCC[C@@](C)(O)[C@@H]2O. The zero-order valence-electron chi connectivity index (χ0n) is 14.1. The number of rotatable bonds is 1. The fourth-order valence-corrected chi connectivity index (χ4v) is 3.79. The quantitative estimate of drug-likeness (QED) is 0.817. The largest absolute Gasteiger partial charge is 0.387 e. The average Bonchev–Trinajstić information content (AvgIpc) is 2.53. The third-order valence-corrected chi connectivity index (χ3v) is 5.40.